The molecule has 6 nitrogen and oxygen atoms in total. The van der Waals surface area contributed by atoms with Crippen molar-refractivity contribution in [3.05, 3.63) is 82.7 Å². The molecule has 0 radical (unpaired) electrons. The number of amides is 1. The quantitative estimate of drug-likeness (QED) is 0.453. The molecule has 0 aliphatic rings. The third-order valence-corrected chi connectivity index (χ3v) is 5.46. The zero-order valence-corrected chi connectivity index (χ0v) is 19.0. The molecule has 4 rings (SSSR count). The Morgan fingerprint density at radius 1 is 1.00 bits per heavy atom. The predicted molar refractivity (Wildman–Crippen MR) is 126 cm³/mol. The second-order valence-electron chi connectivity index (χ2n) is 7.79. The van der Waals surface area contributed by atoms with E-state index in [4.69, 9.17) is 14.8 Å². The smallest absolute Gasteiger partial charge is 0.252 e. The van der Waals surface area contributed by atoms with Crippen molar-refractivity contribution >= 4 is 16.9 Å². The van der Waals surface area contributed by atoms with E-state index in [0.29, 0.717) is 24.4 Å². The van der Waals surface area contributed by atoms with Crippen molar-refractivity contribution in [2.45, 2.75) is 40.7 Å². The van der Waals surface area contributed by atoms with Crippen molar-refractivity contribution in [2.24, 2.45) is 0 Å². The second-order valence-corrected chi connectivity index (χ2v) is 7.79. The number of aryl methyl sites for hydroxylation is 3. The van der Waals surface area contributed by atoms with Crippen LogP contribution < -0.4 is 10.1 Å². The summed E-state index contributed by atoms with van der Waals surface area (Å²) in [7, 11) is 0. The van der Waals surface area contributed by atoms with Gasteiger partial charge in [-0.25, -0.2) is 9.67 Å². The molecule has 6 heteroatoms. The summed E-state index contributed by atoms with van der Waals surface area (Å²) in [6.45, 7) is 8.96. The predicted octanol–water partition coefficient (Wildman–Crippen LogP) is 4.93. The van der Waals surface area contributed by atoms with Gasteiger partial charge in [0.25, 0.3) is 5.91 Å². The number of carbonyl (C=O) groups excluding carboxylic acids is 1. The van der Waals surface area contributed by atoms with Gasteiger partial charge in [0.2, 0.25) is 0 Å². The van der Waals surface area contributed by atoms with Crippen LogP contribution in [0.2, 0.25) is 0 Å². The number of hydrogen-bond acceptors (Lipinski definition) is 4. The van der Waals surface area contributed by atoms with Crippen molar-refractivity contribution in [2.75, 3.05) is 6.61 Å². The van der Waals surface area contributed by atoms with E-state index in [1.165, 1.54) is 5.56 Å². The van der Waals surface area contributed by atoms with Gasteiger partial charge in [-0.15, -0.1) is 0 Å². The van der Waals surface area contributed by atoms with Crippen LogP contribution in [0.5, 0.6) is 5.75 Å². The SMILES string of the molecule is CCOc1ccc(CNC(=O)c2cc(C)nc3c2c(C)nn3-c2ccc(CC)cc2)cc1. The standard InChI is InChI=1S/C26H28N4O2/c1-5-19-7-11-21(12-8-19)30-25-24(18(4)29-30)23(15-17(3)28-25)26(31)27-16-20-9-13-22(14-10-20)32-6-2/h7-15H,5-6,16H2,1-4H3,(H,27,31). The summed E-state index contributed by atoms with van der Waals surface area (Å²) in [5.41, 5.74) is 6.03. The van der Waals surface area contributed by atoms with Crippen molar-refractivity contribution in [3.63, 3.8) is 0 Å². The first-order valence-corrected chi connectivity index (χ1v) is 11.0. The second kappa shape index (κ2) is 9.22. The fraction of sp³-hybridized carbons (Fsp3) is 0.269. The van der Waals surface area contributed by atoms with Gasteiger partial charge in [0, 0.05) is 12.2 Å². The average Bonchev–Trinajstić information content (AvgIpc) is 3.14. The normalized spacial score (nSPS) is 11.0. The topological polar surface area (TPSA) is 69.0 Å². The number of fused-ring (bicyclic) bond motifs is 1. The van der Waals surface area contributed by atoms with E-state index in [9.17, 15) is 4.79 Å². The Labute approximate surface area is 188 Å². The molecule has 164 valence electrons. The number of nitrogens with zero attached hydrogens (tertiary/aromatic N) is 3. The highest BCUT2D eigenvalue weighted by atomic mass is 16.5. The van der Waals surface area contributed by atoms with Gasteiger partial charge in [-0.2, -0.15) is 5.10 Å². The van der Waals surface area contributed by atoms with Crippen LogP contribution in [0, 0.1) is 13.8 Å². The Balaban J connectivity index is 1.63. The maximum Gasteiger partial charge on any atom is 0.252 e. The lowest BCUT2D eigenvalue weighted by atomic mass is 10.1. The van der Waals surface area contributed by atoms with E-state index in [1.54, 1.807) is 0 Å². The van der Waals surface area contributed by atoms with Gasteiger partial charge in [-0.1, -0.05) is 31.2 Å². The Morgan fingerprint density at radius 2 is 1.69 bits per heavy atom. The highest BCUT2D eigenvalue weighted by Gasteiger charge is 2.19. The summed E-state index contributed by atoms with van der Waals surface area (Å²) < 4.78 is 7.30. The molecule has 32 heavy (non-hydrogen) atoms. The monoisotopic (exact) mass is 428 g/mol. The van der Waals surface area contributed by atoms with Gasteiger partial charge >= 0.3 is 0 Å². The average molecular weight is 429 g/mol. The number of hydrogen-bond donors (Lipinski definition) is 1. The van der Waals surface area contributed by atoms with E-state index >= 15 is 0 Å². The fourth-order valence-electron chi connectivity index (χ4n) is 3.79. The molecule has 2 aromatic heterocycles. The number of nitrogens with one attached hydrogen (secondary N) is 1. The maximum absolute atomic E-state index is 13.1. The Kier molecular flexibility index (Phi) is 6.21. The number of carbonyl (C=O) groups is 1. The van der Waals surface area contributed by atoms with Gasteiger partial charge in [-0.05, 0) is 68.7 Å². The fourth-order valence-corrected chi connectivity index (χ4v) is 3.79. The van der Waals surface area contributed by atoms with Crippen LogP contribution in [0.25, 0.3) is 16.7 Å². The number of ether oxygens (including phenoxy) is 1. The summed E-state index contributed by atoms with van der Waals surface area (Å²) in [6.07, 6.45) is 0.981. The molecule has 0 aliphatic heterocycles. The minimum absolute atomic E-state index is 0.140. The number of rotatable bonds is 7. The highest BCUT2D eigenvalue weighted by Crippen LogP contribution is 2.25. The zero-order chi connectivity index (χ0) is 22.7. The molecule has 1 amide bonds. The molecule has 4 aromatic rings. The minimum Gasteiger partial charge on any atom is -0.494 e. The van der Waals surface area contributed by atoms with E-state index in [1.807, 2.05) is 67.9 Å². The molecule has 0 spiro atoms. The van der Waals surface area contributed by atoms with Gasteiger partial charge in [-0.3, -0.25) is 4.79 Å². The van der Waals surface area contributed by atoms with Crippen LogP contribution in [-0.2, 0) is 13.0 Å². The molecule has 0 bridgehead atoms. The van der Waals surface area contributed by atoms with Crippen LogP contribution in [-0.4, -0.2) is 27.3 Å². The van der Waals surface area contributed by atoms with Gasteiger partial charge in [0.1, 0.15) is 5.75 Å². The first kappa shape index (κ1) is 21.6. The van der Waals surface area contributed by atoms with Crippen LogP contribution in [0.3, 0.4) is 0 Å². The van der Waals surface area contributed by atoms with Crippen molar-refractivity contribution in [1.29, 1.82) is 0 Å². The molecule has 1 N–H and O–H groups in total. The van der Waals surface area contributed by atoms with Gasteiger partial charge in [0.05, 0.1) is 28.9 Å². The Morgan fingerprint density at radius 3 is 2.34 bits per heavy atom. The van der Waals surface area contributed by atoms with Crippen LogP contribution in [0.15, 0.2) is 54.6 Å². The molecule has 2 heterocycles. The van der Waals surface area contributed by atoms with E-state index in [2.05, 4.69) is 24.4 Å². The Hall–Kier alpha value is -3.67. The van der Waals surface area contributed by atoms with E-state index < -0.39 is 0 Å². The zero-order valence-electron chi connectivity index (χ0n) is 19.0. The van der Waals surface area contributed by atoms with E-state index in [0.717, 1.165) is 40.2 Å². The third-order valence-electron chi connectivity index (χ3n) is 5.46. The summed E-state index contributed by atoms with van der Waals surface area (Å²) >= 11 is 0. The molecule has 0 fully saturated rings. The lowest BCUT2D eigenvalue weighted by molar-refractivity contribution is 0.0952. The molecular formula is C26H28N4O2. The van der Waals surface area contributed by atoms with Crippen LogP contribution in [0.4, 0.5) is 0 Å². The number of pyridine rings is 1. The molecule has 2 aromatic carbocycles. The van der Waals surface area contributed by atoms with E-state index in [-0.39, 0.29) is 5.91 Å². The molecular weight excluding hydrogens is 400 g/mol. The summed E-state index contributed by atoms with van der Waals surface area (Å²) in [6, 6.07) is 17.9. The van der Waals surface area contributed by atoms with Crippen molar-refractivity contribution in [1.82, 2.24) is 20.1 Å². The van der Waals surface area contributed by atoms with Crippen LogP contribution >= 0.6 is 0 Å². The molecule has 0 aliphatic carbocycles. The van der Waals surface area contributed by atoms with Gasteiger partial charge < -0.3 is 10.1 Å². The number of aromatic nitrogens is 3. The summed E-state index contributed by atoms with van der Waals surface area (Å²) in [4.78, 5) is 17.8. The lowest BCUT2D eigenvalue weighted by Gasteiger charge is -2.09. The minimum atomic E-state index is -0.140. The Bertz CT molecular complexity index is 1240. The largest absolute Gasteiger partial charge is 0.494 e. The lowest BCUT2D eigenvalue weighted by Crippen LogP contribution is -2.23. The first-order valence-electron chi connectivity index (χ1n) is 11.0. The molecule has 0 saturated heterocycles. The first-order chi connectivity index (χ1) is 15.5. The summed E-state index contributed by atoms with van der Waals surface area (Å²) in [5.74, 6) is 0.683. The van der Waals surface area contributed by atoms with Crippen molar-refractivity contribution < 1.29 is 9.53 Å². The third kappa shape index (κ3) is 4.35. The number of benzene rings is 2. The highest BCUT2D eigenvalue weighted by molar-refractivity contribution is 6.06. The molecule has 0 unspecified atom stereocenters. The summed E-state index contributed by atoms with van der Waals surface area (Å²) in [5, 5.41) is 8.52. The molecule has 0 saturated carbocycles. The van der Waals surface area contributed by atoms with Gasteiger partial charge in [0.15, 0.2) is 5.65 Å². The maximum atomic E-state index is 13.1. The van der Waals surface area contributed by atoms with Crippen molar-refractivity contribution in [3.8, 4) is 11.4 Å². The molecule has 0 atom stereocenters. The van der Waals surface area contributed by atoms with Crippen LogP contribution in [0.1, 0.15) is 46.7 Å².